The number of phenolic OH excluding ortho intramolecular Hbond substituents is 2. The van der Waals surface area contributed by atoms with Crippen LogP contribution in [0, 0.1) is 0 Å². The average molecular weight is 613 g/mol. The molecule has 45 heavy (non-hydrogen) atoms. The molecule has 0 aliphatic rings. The molecule has 0 unspecified atom stereocenters. The van der Waals surface area contributed by atoms with Crippen molar-refractivity contribution in [2.75, 3.05) is 0 Å². The van der Waals surface area contributed by atoms with Gasteiger partial charge in [0.2, 0.25) is 0 Å². The normalized spacial score (nSPS) is 11.6. The van der Waals surface area contributed by atoms with Crippen molar-refractivity contribution in [3.8, 4) is 23.0 Å². The Morgan fingerprint density at radius 2 is 1.04 bits per heavy atom. The van der Waals surface area contributed by atoms with Crippen LogP contribution in [0.4, 0.5) is 0 Å². The van der Waals surface area contributed by atoms with Gasteiger partial charge < -0.3 is 29.3 Å². The molecule has 0 aliphatic carbocycles. The second-order valence-electron chi connectivity index (χ2n) is 11.7. The van der Waals surface area contributed by atoms with Crippen molar-refractivity contribution in [2.24, 2.45) is 0 Å². The zero-order valence-corrected chi connectivity index (χ0v) is 25.8. The van der Waals surface area contributed by atoms with Gasteiger partial charge in [-0.25, -0.2) is 9.59 Å². The molecule has 3 aromatic carbocycles. The Morgan fingerprint density at radius 1 is 0.600 bits per heavy atom. The van der Waals surface area contributed by atoms with E-state index in [-0.39, 0.29) is 44.6 Å². The Bertz CT molecular complexity index is 1800. The first-order valence-corrected chi connectivity index (χ1v) is 15.8. The van der Waals surface area contributed by atoms with E-state index in [1.807, 2.05) is 0 Å². The lowest BCUT2D eigenvalue weighted by atomic mass is 9.84. The van der Waals surface area contributed by atoms with E-state index in [1.54, 1.807) is 42.5 Å². The maximum atomic E-state index is 13.6. The van der Waals surface area contributed by atoms with E-state index in [1.165, 1.54) is 12.1 Å². The van der Waals surface area contributed by atoms with Gasteiger partial charge in [-0.1, -0.05) is 82.7 Å². The highest BCUT2D eigenvalue weighted by Crippen LogP contribution is 2.43. The highest BCUT2D eigenvalue weighted by atomic mass is 16.4. The zero-order valence-electron chi connectivity index (χ0n) is 25.8. The number of rotatable bonds is 13. The van der Waals surface area contributed by atoms with E-state index in [4.69, 9.17) is 8.83 Å². The minimum absolute atomic E-state index is 0.000766. The molecule has 4 N–H and O–H groups in total. The van der Waals surface area contributed by atoms with Crippen LogP contribution in [0.25, 0.3) is 21.9 Å². The van der Waals surface area contributed by atoms with Crippen LogP contribution < -0.4 is 11.3 Å². The van der Waals surface area contributed by atoms with Crippen LogP contribution in [0.1, 0.15) is 98.9 Å². The molecule has 0 saturated carbocycles. The fourth-order valence-electron chi connectivity index (χ4n) is 6.08. The molecule has 5 aromatic rings. The first-order chi connectivity index (χ1) is 21.7. The maximum Gasteiger partial charge on any atom is 0.344 e. The minimum Gasteiger partial charge on any atom is -0.508 e. The molecule has 2 heterocycles. The van der Waals surface area contributed by atoms with Gasteiger partial charge in [0, 0.05) is 12.1 Å². The van der Waals surface area contributed by atoms with Crippen molar-refractivity contribution in [1.29, 1.82) is 0 Å². The van der Waals surface area contributed by atoms with Gasteiger partial charge in [-0.3, -0.25) is 0 Å². The molecule has 236 valence electrons. The lowest BCUT2D eigenvalue weighted by Crippen LogP contribution is -2.21. The molecular formula is C37H40O8. The van der Waals surface area contributed by atoms with Gasteiger partial charge in [0.15, 0.2) is 0 Å². The van der Waals surface area contributed by atoms with E-state index in [9.17, 15) is 30.0 Å². The number of hydrogen-bond donors (Lipinski definition) is 4. The Hall–Kier alpha value is -4.72. The summed E-state index contributed by atoms with van der Waals surface area (Å²) in [6, 6.07) is 14.4. The number of fused-ring (bicyclic) bond motifs is 2. The molecule has 0 atom stereocenters. The van der Waals surface area contributed by atoms with Crippen LogP contribution in [0.5, 0.6) is 23.0 Å². The molecule has 5 rings (SSSR count). The molecule has 0 spiro atoms. The van der Waals surface area contributed by atoms with Crippen molar-refractivity contribution in [1.82, 2.24) is 0 Å². The number of unbranched alkanes of at least 4 members (excludes halogenated alkanes) is 6. The number of aromatic hydroxyl groups is 4. The number of hydrogen-bond acceptors (Lipinski definition) is 8. The number of aryl methyl sites for hydroxylation is 2. The highest BCUT2D eigenvalue weighted by Gasteiger charge is 2.33. The van der Waals surface area contributed by atoms with E-state index in [0.29, 0.717) is 29.5 Å². The Kier molecular flexibility index (Phi) is 9.81. The van der Waals surface area contributed by atoms with Crippen LogP contribution in [-0.4, -0.2) is 20.4 Å². The van der Waals surface area contributed by atoms with E-state index in [0.717, 1.165) is 51.4 Å². The Balaban J connectivity index is 1.70. The van der Waals surface area contributed by atoms with Gasteiger partial charge >= 0.3 is 11.3 Å². The van der Waals surface area contributed by atoms with Crippen LogP contribution in [0.15, 0.2) is 73.0 Å². The summed E-state index contributed by atoms with van der Waals surface area (Å²) in [5, 5.41) is 45.0. The van der Waals surface area contributed by atoms with Gasteiger partial charge in [-0.2, -0.15) is 0 Å². The summed E-state index contributed by atoms with van der Waals surface area (Å²) in [7, 11) is 0. The van der Waals surface area contributed by atoms with Gasteiger partial charge in [-0.05, 0) is 54.5 Å². The molecule has 8 nitrogen and oxygen atoms in total. The summed E-state index contributed by atoms with van der Waals surface area (Å²) < 4.78 is 11.2. The summed E-state index contributed by atoms with van der Waals surface area (Å²) >= 11 is 0. The first-order valence-electron chi connectivity index (χ1n) is 15.8. The van der Waals surface area contributed by atoms with Crippen molar-refractivity contribution < 1.29 is 29.3 Å². The van der Waals surface area contributed by atoms with E-state index >= 15 is 0 Å². The van der Waals surface area contributed by atoms with Crippen molar-refractivity contribution in [3.63, 3.8) is 0 Å². The lowest BCUT2D eigenvalue weighted by Gasteiger charge is -2.20. The molecule has 0 fully saturated rings. The Labute approximate surface area is 261 Å². The molecule has 0 bridgehead atoms. The summed E-state index contributed by atoms with van der Waals surface area (Å²) in [4.78, 5) is 27.2. The summed E-state index contributed by atoms with van der Waals surface area (Å²) in [5.41, 5.74) is -0.683. The third-order valence-corrected chi connectivity index (χ3v) is 8.54. The number of benzene rings is 3. The molecule has 0 amide bonds. The standard InChI is InChI=1S/C37H40O8/c1-3-5-7-10-16-23-18-25-29(20-27(23)38)44-36(42)32(34(25)40)31(22-14-12-9-13-15-22)33-35(41)26-19-24(17-11-8-6-4-2)28(39)21-30(26)45-37(33)43/h9,12-15,18-21,31,38-41H,3-8,10-11,16-17H2,1-2H3. The molecular weight excluding hydrogens is 572 g/mol. The van der Waals surface area contributed by atoms with Crippen molar-refractivity contribution >= 4 is 21.9 Å². The molecule has 0 radical (unpaired) electrons. The summed E-state index contributed by atoms with van der Waals surface area (Å²) in [6.07, 6.45) is 9.05. The van der Waals surface area contributed by atoms with Crippen LogP contribution in [-0.2, 0) is 12.8 Å². The quantitative estimate of drug-likeness (QED) is 0.0771. The second-order valence-corrected chi connectivity index (χ2v) is 11.7. The fraction of sp³-hybridized carbons (Fsp3) is 0.351. The molecule has 2 aromatic heterocycles. The summed E-state index contributed by atoms with van der Waals surface area (Å²) in [6.45, 7) is 4.23. The third-order valence-electron chi connectivity index (χ3n) is 8.54. The smallest absolute Gasteiger partial charge is 0.344 e. The van der Waals surface area contributed by atoms with E-state index in [2.05, 4.69) is 13.8 Å². The zero-order chi connectivity index (χ0) is 32.1. The largest absolute Gasteiger partial charge is 0.508 e. The SMILES string of the molecule is CCCCCCc1cc2c(O)c(C(c3ccccc3)c3c(O)c4cc(CCCCCC)c(O)cc4oc3=O)c(=O)oc2cc1O. The van der Waals surface area contributed by atoms with Crippen LogP contribution >= 0.6 is 0 Å². The fourth-order valence-corrected chi connectivity index (χ4v) is 6.08. The minimum atomic E-state index is -1.25. The molecule has 0 aliphatic heterocycles. The molecule has 0 saturated heterocycles. The third kappa shape index (κ3) is 6.55. The average Bonchev–Trinajstić information content (AvgIpc) is 3.02. The van der Waals surface area contributed by atoms with Gasteiger partial charge in [-0.15, -0.1) is 0 Å². The van der Waals surface area contributed by atoms with E-state index < -0.39 is 28.7 Å². The van der Waals surface area contributed by atoms with Crippen LogP contribution in [0.2, 0.25) is 0 Å². The second kappa shape index (κ2) is 13.9. The molecule has 8 heteroatoms. The van der Waals surface area contributed by atoms with Gasteiger partial charge in [0.1, 0.15) is 34.2 Å². The lowest BCUT2D eigenvalue weighted by molar-refractivity contribution is 0.438. The maximum absolute atomic E-state index is 13.6. The Morgan fingerprint density at radius 3 is 1.47 bits per heavy atom. The first kappa shape index (κ1) is 31.7. The monoisotopic (exact) mass is 612 g/mol. The predicted molar refractivity (Wildman–Crippen MR) is 175 cm³/mol. The van der Waals surface area contributed by atoms with Crippen molar-refractivity contribution in [3.05, 3.63) is 103 Å². The topological polar surface area (TPSA) is 141 Å². The van der Waals surface area contributed by atoms with Crippen LogP contribution in [0.3, 0.4) is 0 Å². The highest BCUT2D eigenvalue weighted by molar-refractivity contribution is 5.89. The predicted octanol–water partition coefficient (Wildman–Crippen LogP) is 8.15. The van der Waals surface area contributed by atoms with Crippen molar-refractivity contribution in [2.45, 2.75) is 84.0 Å². The van der Waals surface area contributed by atoms with Gasteiger partial charge in [0.05, 0.1) is 27.8 Å². The summed E-state index contributed by atoms with van der Waals surface area (Å²) in [5.74, 6) is -2.14. The van der Waals surface area contributed by atoms with Gasteiger partial charge in [0.25, 0.3) is 0 Å². The number of phenols is 2.